The maximum absolute atomic E-state index is 14.4. The molecule has 4 amide bonds. The van der Waals surface area contributed by atoms with Crippen molar-refractivity contribution in [3.8, 4) is 0 Å². The van der Waals surface area contributed by atoms with Gasteiger partial charge in [-0.1, -0.05) is 74.2 Å². The molecule has 0 spiro atoms. The van der Waals surface area contributed by atoms with Crippen LogP contribution in [0.4, 0.5) is 33.6 Å². The lowest BCUT2D eigenvalue weighted by Crippen LogP contribution is -2.48. The molecule has 4 saturated heterocycles. The topological polar surface area (TPSA) is 126 Å². The molecule has 4 aromatic carbocycles. The van der Waals surface area contributed by atoms with Crippen LogP contribution >= 0.6 is 0 Å². The number of rotatable bonds is 10. The van der Waals surface area contributed by atoms with Gasteiger partial charge in [0, 0.05) is 96.1 Å². The number of piperidine rings is 2. The number of hydrogen-bond acceptors (Lipinski definition) is 9. The lowest BCUT2D eigenvalue weighted by molar-refractivity contribution is 0.0184. The summed E-state index contributed by atoms with van der Waals surface area (Å²) in [6.45, 7) is 16.4. The highest BCUT2D eigenvalue weighted by molar-refractivity contribution is 5.84. The van der Waals surface area contributed by atoms with E-state index >= 15 is 0 Å². The number of likely N-dealkylation sites (tertiary alicyclic amines) is 4. The Bertz CT molecular complexity index is 2870. The molecule has 1 unspecified atom stereocenters. The summed E-state index contributed by atoms with van der Waals surface area (Å²) in [6, 6.07) is 30.0. The van der Waals surface area contributed by atoms with Crippen LogP contribution in [0.3, 0.4) is 0 Å². The largest absolute Gasteiger partial charge is 0.445 e. The average Bonchev–Trinajstić information content (AvgIpc) is 4.41. The van der Waals surface area contributed by atoms with Crippen molar-refractivity contribution in [2.24, 2.45) is 0 Å². The average molecular weight is 1090 g/mol. The molecule has 0 aliphatic carbocycles. The minimum Gasteiger partial charge on any atom is -0.445 e. The van der Waals surface area contributed by atoms with Gasteiger partial charge in [0.1, 0.15) is 36.1 Å². The number of halogens is 2. The third-order valence-electron chi connectivity index (χ3n) is 15.7. The van der Waals surface area contributed by atoms with E-state index in [1.807, 2.05) is 124 Å². The van der Waals surface area contributed by atoms with Crippen LogP contribution in [0.2, 0.25) is 0 Å². The molecule has 0 N–H and O–H groups in total. The van der Waals surface area contributed by atoms with Gasteiger partial charge in [0.25, 0.3) is 0 Å². The van der Waals surface area contributed by atoms with E-state index < -0.39 is 11.2 Å². The molecule has 5 aliphatic rings. The van der Waals surface area contributed by atoms with Crippen molar-refractivity contribution < 1.29 is 49.9 Å². The Morgan fingerprint density at radius 3 is 1.63 bits per heavy atom. The Hall–Kier alpha value is -6.84. The Morgan fingerprint density at radius 1 is 0.595 bits per heavy atom. The standard InChI is InChI=1S/C31H40FN3O4.C31H38FN3O4.CH4.H2/c2*1-31(2,3)39-29(36)33-16-13-25(14-17-33)35-20-23(27-12-11-24(32)19-28(27)35)18-26-10-7-15-34(26)30(37)38-21-22-8-5-4-6-9-22;;/h4-6,8-9,11-12,19,23,25-26H,7,10,13-18,20-21H2,1-3H3;4-6,8-9,11-12,19-20,25-26H,7,10,13-18,21H2,1-3H3;1H4;1H/t23?,26-;26-;;/m00../s1/i;;;1+1D. The third kappa shape index (κ3) is 14.9. The number of benzene rings is 4. The zero-order valence-electron chi connectivity index (χ0n) is 48.3. The Balaban J connectivity index is 0.000000224. The Morgan fingerprint density at radius 2 is 1.09 bits per heavy atom. The fraction of sp³-hybridized carbons (Fsp3) is 0.524. The second-order valence-electron chi connectivity index (χ2n) is 23.7. The molecule has 14 nitrogen and oxygen atoms in total. The number of nitrogens with zero attached hydrogens (tertiary/aromatic N) is 6. The van der Waals surface area contributed by atoms with Crippen molar-refractivity contribution in [1.29, 1.82) is 0 Å². The van der Waals surface area contributed by atoms with Gasteiger partial charge in [-0.25, -0.2) is 28.0 Å². The van der Waals surface area contributed by atoms with E-state index in [1.165, 1.54) is 6.07 Å². The van der Waals surface area contributed by atoms with Gasteiger partial charge in [0.05, 0.1) is 5.52 Å². The first kappa shape index (κ1) is 56.9. The zero-order chi connectivity index (χ0) is 57.1. The molecule has 10 rings (SSSR count). The van der Waals surface area contributed by atoms with Crippen molar-refractivity contribution in [1.82, 2.24) is 24.2 Å². The van der Waals surface area contributed by atoms with E-state index in [0.717, 1.165) is 103 Å². The van der Waals surface area contributed by atoms with Gasteiger partial charge in [0.2, 0.25) is 0 Å². The summed E-state index contributed by atoms with van der Waals surface area (Å²) in [6.07, 6.45) is 9.43. The molecule has 0 bridgehead atoms. The lowest BCUT2D eigenvalue weighted by Gasteiger charge is -2.38. The summed E-state index contributed by atoms with van der Waals surface area (Å²) in [4.78, 5) is 60.6. The number of carbonyl (C=O) groups is 4. The van der Waals surface area contributed by atoms with Crippen LogP contribution in [0.5, 0.6) is 0 Å². The normalized spacial score (nSPS) is 19.9. The predicted molar refractivity (Wildman–Crippen MR) is 305 cm³/mol. The number of hydrogen-bond donors (Lipinski definition) is 0. The van der Waals surface area contributed by atoms with Crippen molar-refractivity contribution in [2.45, 2.75) is 168 Å². The second-order valence-corrected chi connectivity index (χ2v) is 23.7. The summed E-state index contributed by atoms with van der Waals surface area (Å²) in [5, 5.41) is 1.01. The van der Waals surface area contributed by atoms with Crippen LogP contribution in [0.15, 0.2) is 103 Å². The molecule has 4 fully saturated rings. The van der Waals surface area contributed by atoms with Crippen molar-refractivity contribution >= 4 is 41.0 Å². The Labute approximate surface area is 469 Å². The maximum atomic E-state index is 14.4. The van der Waals surface area contributed by atoms with E-state index in [-0.39, 0.29) is 86.7 Å². The van der Waals surface area contributed by atoms with Crippen molar-refractivity contribution in [3.63, 3.8) is 0 Å². The molecule has 0 saturated carbocycles. The first-order valence-corrected chi connectivity index (χ1v) is 28.1. The monoisotopic (exact) mass is 1090 g/mol. The van der Waals surface area contributed by atoms with Crippen LogP contribution in [0.25, 0.3) is 10.9 Å². The summed E-state index contributed by atoms with van der Waals surface area (Å²) in [7, 11) is 0. The second kappa shape index (κ2) is 25.5. The smallest absolute Gasteiger partial charge is 0.410 e. The molecule has 5 aliphatic heterocycles. The first-order chi connectivity index (χ1) is 38.4. The molecular weight excluding hydrogens is 1010 g/mol. The molecule has 6 heterocycles. The van der Waals surface area contributed by atoms with E-state index in [1.54, 1.807) is 28.0 Å². The van der Waals surface area contributed by atoms with Crippen molar-refractivity contribution in [3.05, 3.63) is 137 Å². The quantitative estimate of drug-likeness (QED) is 0.126. The van der Waals surface area contributed by atoms with Crippen LogP contribution < -0.4 is 4.90 Å². The molecule has 428 valence electrons. The van der Waals surface area contributed by atoms with E-state index in [0.29, 0.717) is 45.7 Å². The highest BCUT2D eigenvalue weighted by Gasteiger charge is 2.40. The first-order valence-electron chi connectivity index (χ1n) is 29.1. The van der Waals surface area contributed by atoms with Gasteiger partial charge in [-0.2, -0.15) is 0 Å². The van der Waals surface area contributed by atoms with E-state index in [2.05, 4.69) is 15.7 Å². The van der Waals surface area contributed by atoms with Gasteiger partial charge in [-0.3, -0.25) is 0 Å². The molecule has 79 heavy (non-hydrogen) atoms. The third-order valence-corrected chi connectivity index (χ3v) is 15.7. The summed E-state index contributed by atoms with van der Waals surface area (Å²) >= 11 is 0. The highest BCUT2D eigenvalue weighted by Crippen LogP contribution is 2.44. The number of amides is 4. The summed E-state index contributed by atoms with van der Waals surface area (Å²) < 4.78 is 63.3. The molecule has 1 aromatic heterocycles. The number of carbonyl (C=O) groups excluding carboxylic acids is 4. The Kier molecular flexibility index (Phi) is 18.4. The fourth-order valence-corrected chi connectivity index (χ4v) is 12.0. The van der Waals surface area contributed by atoms with Gasteiger partial charge < -0.3 is 48.0 Å². The number of anilines is 1. The summed E-state index contributed by atoms with van der Waals surface area (Å²) in [5.74, 6) is -0.304. The van der Waals surface area contributed by atoms with Gasteiger partial charge in [-0.15, -0.1) is 0 Å². The lowest BCUT2D eigenvalue weighted by atomic mass is 9.93. The van der Waals surface area contributed by atoms with Gasteiger partial charge in [0.15, 0.2) is 0 Å². The van der Waals surface area contributed by atoms with Crippen molar-refractivity contribution in [2.75, 3.05) is 50.7 Å². The predicted octanol–water partition coefficient (Wildman–Crippen LogP) is 13.9. The van der Waals surface area contributed by atoms with Crippen LogP contribution in [0, 0.1) is 11.6 Å². The minimum atomic E-state index is -0.529. The molecule has 3 atom stereocenters. The molecule has 5 aromatic rings. The zero-order valence-corrected chi connectivity index (χ0v) is 46.3. The summed E-state index contributed by atoms with van der Waals surface area (Å²) in [5.41, 5.74) is 4.95. The number of ether oxygens (including phenoxy) is 4. The highest BCUT2D eigenvalue weighted by atomic mass is 19.1. The molecular formula is C63H84F2N6O8. The van der Waals surface area contributed by atoms with Gasteiger partial charge in [-0.05, 0) is 158 Å². The van der Waals surface area contributed by atoms with Crippen LogP contribution in [-0.2, 0) is 38.6 Å². The number of aromatic nitrogens is 1. The van der Waals surface area contributed by atoms with Gasteiger partial charge >= 0.3 is 24.4 Å². The number of fused-ring (bicyclic) bond motifs is 2. The molecule has 16 heteroatoms. The van der Waals surface area contributed by atoms with E-state index in [9.17, 15) is 28.0 Å². The van der Waals surface area contributed by atoms with Crippen LogP contribution in [-0.4, -0.2) is 124 Å². The SMILES string of the molecule is C.CC(C)(C)OC(=O)N1CCC(N2CC(C[C@@H]3CCCN3C(=O)OCc3ccccc3)c3ccc(F)cc32)CC1.CC(C)(C)OC(=O)N1CCC(n2cc(C[C@@H]3CCCN3C(=O)OCc3ccccc3)c3ccc(F)cc32)CC1.[2H][2H]. The van der Waals surface area contributed by atoms with Crippen LogP contribution in [0.1, 0.15) is 144 Å². The minimum absolute atomic E-state index is 0. The van der Waals surface area contributed by atoms with E-state index in [4.69, 9.17) is 21.9 Å². The fourth-order valence-electron chi connectivity index (χ4n) is 12.0. The maximum Gasteiger partial charge on any atom is 0.410 e. The molecule has 0 radical (unpaired) electrons.